The summed E-state index contributed by atoms with van der Waals surface area (Å²) in [5.41, 5.74) is 4.73. The minimum absolute atomic E-state index is 0.0409. The number of aromatic nitrogens is 1. The van der Waals surface area contributed by atoms with Crippen LogP contribution in [0.4, 0.5) is 22.4 Å². The van der Waals surface area contributed by atoms with Crippen molar-refractivity contribution in [3.8, 4) is 0 Å². The zero-order valence-corrected chi connectivity index (χ0v) is 19.0. The molecule has 0 unspecified atom stereocenters. The molecule has 2 N–H and O–H groups in total. The van der Waals surface area contributed by atoms with E-state index in [-0.39, 0.29) is 25.8 Å². The third kappa shape index (κ3) is 5.23. The monoisotopic (exact) mass is 473 g/mol. The molecule has 0 aromatic carbocycles. The molecular formula is C22H27F4N3O2S. The van der Waals surface area contributed by atoms with Crippen molar-refractivity contribution in [2.24, 2.45) is 11.1 Å². The highest BCUT2D eigenvalue weighted by atomic mass is 32.1. The summed E-state index contributed by atoms with van der Waals surface area (Å²) in [6, 6.07) is 6.64. The first-order valence-corrected chi connectivity index (χ1v) is 11.1. The van der Waals surface area contributed by atoms with E-state index >= 15 is 0 Å². The van der Waals surface area contributed by atoms with Crippen LogP contribution in [0.15, 0.2) is 30.5 Å². The molecule has 1 saturated heterocycles. The number of nitrogens with two attached hydrogens (primary N) is 1. The number of rotatable bonds is 7. The first kappa shape index (κ1) is 24.4. The molecule has 1 amide bonds. The number of halogens is 4. The number of carbonyl (C=O) groups excluding carboxylic acids is 1. The Labute approximate surface area is 188 Å². The second-order valence-corrected chi connectivity index (χ2v) is 9.96. The Hall–Kier alpha value is -2.20. The third-order valence-corrected chi connectivity index (χ3v) is 7.31. The second kappa shape index (κ2) is 8.97. The van der Waals surface area contributed by atoms with Crippen LogP contribution in [0.5, 0.6) is 0 Å². The molecule has 2 aromatic heterocycles. The predicted octanol–water partition coefficient (Wildman–Crippen LogP) is 5.18. The highest BCUT2D eigenvalue weighted by Gasteiger charge is 2.59. The first-order valence-electron chi connectivity index (χ1n) is 10.3. The van der Waals surface area contributed by atoms with E-state index in [1.54, 1.807) is 12.3 Å². The van der Waals surface area contributed by atoms with Gasteiger partial charge in [0.05, 0.1) is 0 Å². The van der Waals surface area contributed by atoms with Gasteiger partial charge in [0.25, 0.3) is 0 Å². The van der Waals surface area contributed by atoms with Crippen LogP contribution in [0.1, 0.15) is 42.8 Å². The number of nitrogens with zero attached hydrogens (tertiary/aromatic N) is 2. The molecule has 3 heterocycles. The average Bonchev–Trinajstić information content (AvgIpc) is 3.31. The molecule has 176 valence electrons. The van der Waals surface area contributed by atoms with Gasteiger partial charge in [0.15, 0.2) is 5.13 Å². The molecule has 1 aliphatic rings. The van der Waals surface area contributed by atoms with Crippen LogP contribution in [0.25, 0.3) is 0 Å². The number of primary amides is 1. The number of alkyl halides is 3. The van der Waals surface area contributed by atoms with Crippen molar-refractivity contribution in [2.45, 2.75) is 57.9 Å². The van der Waals surface area contributed by atoms with Gasteiger partial charge in [0.1, 0.15) is 0 Å². The standard InChI is InChI=1S/C22H27F4N3O2S/c1-14-4-5-15(12-28-14)20(2,3)29-11-10-21(13-29,9-8-16-6-7-17(23)32-16)18(22(24,25)26)31-19(27)30/h4-7,12,18H,8-11,13H2,1-3H3,(H2,27,30)/t18-,21+/m0/s1. The fourth-order valence-electron chi connectivity index (χ4n) is 4.45. The van der Waals surface area contributed by atoms with E-state index in [0.717, 1.165) is 22.6 Å². The summed E-state index contributed by atoms with van der Waals surface area (Å²) >= 11 is 0.905. The van der Waals surface area contributed by atoms with Crippen LogP contribution in [0.3, 0.4) is 0 Å². The molecule has 0 radical (unpaired) electrons. The number of likely N-dealkylation sites (tertiary alicyclic amines) is 1. The van der Waals surface area contributed by atoms with Crippen LogP contribution in [-0.2, 0) is 16.7 Å². The Morgan fingerprint density at radius 1 is 1.31 bits per heavy atom. The van der Waals surface area contributed by atoms with Crippen molar-refractivity contribution in [1.82, 2.24) is 9.88 Å². The second-order valence-electron chi connectivity index (χ2n) is 8.85. The van der Waals surface area contributed by atoms with Crippen molar-refractivity contribution < 1.29 is 27.1 Å². The molecule has 3 rings (SSSR count). The molecule has 2 aromatic rings. The zero-order chi connectivity index (χ0) is 23.7. The number of hydrogen-bond acceptors (Lipinski definition) is 5. The summed E-state index contributed by atoms with van der Waals surface area (Å²) in [6.45, 7) is 6.14. The minimum Gasteiger partial charge on any atom is -0.436 e. The van der Waals surface area contributed by atoms with E-state index in [2.05, 4.69) is 9.72 Å². The van der Waals surface area contributed by atoms with E-state index < -0.39 is 34.5 Å². The highest BCUT2D eigenvalue weighted by Crippen LogP contribution is 2.49. The van der Waals surface area contributed by atoms with E-state index in [9.17, 15) is 22.4 Å². The molecule has 0 spiro atoms. The van der Waals surface area contributed by atoms with Crippen molar-refractivity contribution in [3.05, 3.63) is 51.7 Å². The Morgan fingerprint density at radius 2 is 2.03 bits per heavy atom. The highest BCUT2D eigenvalue weighted by molar-refractivity contribution is 7.10. The van der Waals surface area contributed by atoms with Gasteiger partial charge in [-0.05, 0) is 70.3 Å². The summed E-state index contributed by atoms with van der Waals surface area (Å²) in [5, 5.41) is -0.393. The maximum absolute atomic E-state index is 14.1. The van der Waals surface area contributed by atoms with Crippen molar-refractivity contribution in [3.63, 3.8) is 0 Å². The fraction of sp³-hybridized carbons (Fsp3) is 0.545. The third-order valence-electron chi connectivity index (χ3n) is 6.38. The average molecular weight is 474 g/mol. The lowest BCUT2D eigenvalue weighted by molar-refractivity contribution is -0.237. The Balaban J connectivity index is 1.93. The number of thiophene rings is 1. The van der Waals surface area contributed by atoms with E-state index in [0.29, 0.717) is 11.4 Å². The maximum atomic E-state index is 14.1. The van der Waals surface area contributed by atoms with Gasteiger partial charge in [-0.25, -0.2) is 4.79 Å². The van der Waals surface area contributed by atoms with Gasteiger partial charge in [-0.3, -0.25) is 9.88 Å². The maximum Gasteiger partial charge on any atom is 0.426 e. The van der Waals surface area contributed by atoms with Gasteiger partial charge in [-0.1, -0.05) is 6.07 Å². The summed E-state index contributed by atoms with van der Waals surface area (Å²) in [7, 11) is 0. The van der Waals surface area contributed by atoms with Crippen LogP contribution >= 0.6 is 11.3 Å². The first-order chi connectivity index (χ1) is 14.8. The number of hydrogen-bond donors (Lipinski definition) is 1. The number of carbonyl (C=O) groups is 1. The largest absolute Gasteiger partial charge is 0.436 e. The quantitative estimate of drug-likeness (QED) is 0.563. The molecule has 1 aliphatic heterocycles. The molecule has 32 heavy (non-hydrogen) atoms. The molecule has 0 saturated carbocycles. The lowest BCUT2D eigenvalue weighted by Crippen LogP contribution is -2.52. The molecule has 2 atom stereocenters. The Morgan fingerprint density at radius 3 is 2.56 bits per heavy atom. The molecule has 5 nitrogen and oxygen atoms in total. The molecule has 0 aliphatic carbocycles. The van der Waals surface area contributed by atoms with Gasteiger partial charge in [0.2, 0.25) is 6.10 Å². The van der Waals surface area contributed by atoms with Gasteiger partial charge >= 0.3 is 12.3 Å². The summed E-state index contributed by atoms with van der Waals surface area (Å²) < 4.78 is 60.3. The lowest BCUT2D eigenvalue weighted by atomic mass is 9.76. The number of ether oxygens (including phenoxy) is 1. The summed E-state index contributed by atoms with van der Waals surface area (Å²) in [6.07, 6.45) is -6.41. The van der Waals surface area contributed by atoms with E-state index in [1.165, 1.54) is 6.07 Å². The van der Waals surface area contributed by atoms with Gasteiger partial charge in [-0.15, -0.1) is 11.3 Å². The normalized spacial score (nSPS) is 21.0. The number of pyridine rings is 1. The van der Waals surface area contributed by atoms with Gasteiger partial charge in [-0.2, -0.15) is 17.6 Å². The Bertz CT molecular complexity index is 945. The van der Waals surface area contributed by atoms with Crippen molar-refractivity contribution in [2.75, 3.05) is 13.1 Å². The molecule has 1 fully saturated rings. The van der Waals surface area contributed by atoms with Crippen LogP contribution in [0.2, 0.25) is 0 Å². The number of amides is 1. The molecule has 10 heteroatoms. The SMILES string of the molecule is Cc1ccc(C(C)(C)N2CC[C@@](CCc3ccc(F)s3)([C@H](OC(N)=O)C(F)(F)F)C2)cn1. The van der Waals surface area contributed by atoms with Crippen molar-refractivity contribution >= 4 is 17.4 Å². The lowest BCUT2D eigenvalue weighted by Gasteiger charge is -2.41. The predicted molar refractivity (Wildman–Crippen MR) is 114 cm³/mol. The molecular weight excluding hydrogens is 446 g/mol. The minimum atomic E-state index is -4.79. The van der Waals surface area contributed by atoms with Crippen LogP contribution in [-0.4, -0.2) is 41.3 Å². The summed E-state index contributed by atoms with van der Waals surface area (Å²) in [4.78, 5) is 18.3. The fourth-order valence-corrected chi connectivity index (χ4v) is 5.17. The van der Waals surface area contributed by atoms with E-state index in [1.807, 2.05) is 37.8 Å². The topological polar surface area (TPSA) is 68.5 Å². The zero-order valence-electron chi connectivity index (χ0n) is 18.2. The van der Waals surface area contributed by atoms with Gasteiger partial charge in [0, 0.05) is 34.3 Å². The van der Waals surface area contributed by atoms with Crippen LogP contribution < -0.4 is 5.73 Å². The van der Waals surface area contributed by atoms with Crippen LogP contribution in [0, 0.1) is 17.5 Å². The number of aryl methyl sites for hydroxylation is 2. The van der Waals surface area contributed by atoms with Crippen molar-refractivity contribution in [1.29, 1.82) is 0 Å². The Kier molecular flexibility index (Phi) is 6.86. The van der Waals surface area contributed by atoms with E-state index in [4.69, 9.17) is 5.73 Å². The van der Waals surface area contributed by atoms with Gasteiger partial charge < -0.3 is 10.5 Å². The molecule has 0 bridgehead atoms. The smallest absolute Gasteiger partial charge is 0.426 e. The summed E-state index contributed by atoms with van der Waals surface area (Å²) in [5.74, 6) is 0.